The molecule has 1 heterocycles. The Morgan fingerprint density at radius 2 is 2.15 bits per heavy atom. The van der Waals surface area contributed by atoms with Crippen LogP contribution < -0.4 is 4.74 Å². The number of methoxy groups -OCH3 is 1. The van der Waals surface area contributed by atoms with Crippen molar-refractivity contribution in [2.24, 2.45) is 0 Å². The van der Waals surface area contributed by atoms with E-state index < -0.39 is 29.4 Å². The highest BCUT2D eigenvalue weighted by Crippen LogP contribution is 2.32. The third-order valence-corrected chi connectivity index (χ3v) is 1.41. The van der Waals surface area contributed by atoms with Crippen LogP contribution in [0.1, 0.15) is 12.0 Å². The molecule has 1 rings (SSSR count). The summed E-state index contributed by atoms with van der Waals surface area (Å²) in [5.74, 6) is -2.82. The second-order valence-corrected chi connectivity index (χ2v) is 2.19. The number of halogens is 3. The first-order valence-corrected chi connectivity index (χ1v) is 3.27. The summed E-state index contributed by atoms with van der Waals surface area (Å²) >= 11 is 0. The molecular formula is C7H6F3NO2. The van der Waals surface area contributed by atoms with Gasteiger partial charge >= 0.3 is 0 Å². The lowest BCUT2D eigenvalue weighted by Crippen LogP contribution is -1.96. The Kier molecular flexibility index (Phi) is 2.60. The van der Waals surface area contributed by atoms with Gasteiger partial charge in [-0.15, -0.1) is 0 Å². The molecule has 0 aromatic carbocycles. The van der Waals surface area contributed by atoms with Crippen molar-refractivity contribution in [2.75, 3.05) is 7.11 Å². The maximum atomic E-state index is 12.8. The number of rotatable bonds is 2. The average Bonchev–Trinajstić information content (AvgIpc) is 2.09. The van der Waals surface area contributed by atoms with E-state index in [1.807, 2.05) is 0 Å². The van der Waals surface area contributed by atoms with E-state index in [1.54, 1.807) is 0 Å². The van der Waals surface area contributed by atoms with Gasteiger partial charge in [-0.3, -0.25) is 0 Å². The number of hydrogen-bond donors (Lipinski definition) is 1. The van der Waals surface area contributed by atoms with Crippen molar-refractivity contribution >= 4 is 0 Å². The van der Waals surface area contributed by atoms with Crippen molar-refractivity contribution in [1.82, 2.24) is 4.98 Å². The Balaban J connectivity index is 3.23. The minimum absolute atomic E-state index is 0.415. The number of pyridine rings is 1. The number of hydrogen-bond acceptors (Lipinski definition) is 3. The quantitative estimate of drug-likeness (QED) is 0.779. The third kappa shape index (κ3) is 1.66. The van der Waals surface area contributed by atoms with Crippen LogP contribution in [0.2, 0.25) is 0 Å². The summed E-state index contributed by atoms with van der Waals surface area (Å²) in [6.45, 7) is 0. The predicted molar refractivity (Wildman–Crippen MR) is 37.4 cm³/mol. The highest BCUT2D eigenvalue weighted by Gasteiger charge is 2.20. The molecule has 72 valence electrons. The van der Waals surface area contributed by atoms with Crippen molar-refractivity contribution in [3.8, 4) is 11.6 Å². The fourth-order valence-corrected chi connectivity index (χ4v) is 0.778. The lowest BCUT2D eigenvalue weighted by atomic mass is 10.2. The van der Waals surface area contributed by atoms with Gasteiger partial charge in [0.2, 0.25) is 5.75 Å². The molecule has 0 saturated carbocycles. The van der Waals surface area contributed by atoms with Crippen LogP contribution in [-0.4, -0.2) is 17.2 Å². The van der Waals surface area contributed by atoms with E-state index in [2.05, 4.69) is 9.72 Å². The van der Waals surface area contributed by atoms with Crippen LogP contribution in [0.4, 0.5) is 13.2 Å². The molecule has 0 unspecified atom stereocenters. The minimum Gasteiger partial charge on any atom is -0.501 e. The van der Waals surface area contributed by atoms with Crippen molar-refractivity contribution in [3.63, 3.8) is 0 Å². The van der Waals surface area contributed by atoms with Crippen LogP contribution in [0.3, 0.4) is 0 Å². The third-order valence-electron chi connectivity index (χ3n) is 1.41. The summed E-state index contributed by atoms with van der Waals surface area (Å²) in [7, 11) is 1.14. The zero-order valence-electron chi connectivity index (χ0n) is 6.59. The van der Waals surface area contributed by atoms with E-state index in [0.717, 1.165) is 7.11 Å². The monoisotopic (exact) mass is 193 g/mol. The van der Waals surface area contributed by atoms with Gasteiger partial charge in [-0.25, -0.2) is 18.2 Å². The molecule has 0 aliphatic carbocycles. The van der Waals surface area contributed by atoms with Crippen LogP contribution in [0.15, 0.2) is 6.20 Å². The fourth-order valence-electron chi connectivity index (χ4n) is 0.778. The van der Waals surface area contributed by atoms with Crippen LogP contribution in [0.25, 0.3) is 0 Å². The van der Waals surface area contributed by atoms with E-state index in [-0.39, 0.29) is 0 Å². The number of ether oxygens (including phenoxy) is 1. The van der Waals surface area contributed by atoms with Gasteiger partial charge in [-0.05, 0) is 0 Å². The Morgan fingerprint density at radius 1 is 1.54 bits per heavy atom. The van der Waals surface area contributed by atoms with Gasteiger partial charge in [0, 0.05) is 6.20 Å². The Hall–Kier alpha value is -1.46. The van der Waals surface area contributed by atoms with Crippen LogP contribution in [0.5, 0.6) is 11.6 Å². The molecule has 0 radical (unpaired) electrons. The topological polar surface area (TPSA) is 42.4 Å². The Morgan fingerprint density at radius 3 is 2.62 bits per heavy atom. The van der Waals surface area contributed by atoms with Gasteiger partial charge in [0.05, 0.1) is 12.7 Å². The van der Waals surface area contributed by atoms with Gasteiger partial charge in [0.15, 0.2) is 5.82 Å². The molecule has 13 heavy (non-hydrogen) atoms. The maximum Gasteiger partial charge on any atom is 0.268 e. The predicted octanol–water partition coefficient (Wildman–Crippen LogP) is 1.87. The van der Waals surface area contributed by atoms with E-state index in [4.69, 9.17) is 5.11 Å². The van der Waals surface area contributed by atoms with Crippen LogP contribution in [0, 0.1) is 5.82 Å². The zero-order chi connectivity index (χ0) is 10.0. The zero-order valence-corrected chi connectivity index (χ0v) is 6.59. The first-order valence-electron chi connectivity index (χ1n) is 3.27. The number of nitrogens with zero attached hydrogens (tertiary/aromatic N) is 1. The summed E-state index contributed by atoms with van der Waals surface area (Å²) in [5, 5.41) is 8.93. The number of aromatic hydroxyl groups is 1. The SMILES string of the molecule is COc1ncc(C(F)F)c(F)c1O. The summed E-state index contributed by atoms with van der Waals surface area (Å²) in [6.07, 6.45) is -2.39. The first kappa shape index (κ1) is 9.63. The molecule has 1 aromatic heterocycles. The Bertz CT molecular complexity index is 317. The summed E-state index contributed by atoms with van der Waals surface area (Å²) in [5.41, 5.74) is -0.946. The lowest BCUT2D eigenvalue weighted by molar-refractivity contribution is 0.144. The molecule has 0 aliphatic rings. The molecule has 0 fully saturated rings. The fraction of sp³-hybridized carbons (Fsp3) is 0.286. The molecule has 0 saturated heterocycles. The van der Waals surface area contributed by atoms with E-state index in [1.165, 1.54) is 0 Å². The molecular weight excluding hydrogens is 187 g/mol. The van der Waals surface area contributed by atoms with E-state index >= 15 is 0 Å². The molecule has 0 bridgehead atoms. The molecule has 0 atom stereocenters. The summed E-state index contributed by atoms with van der Waals surface area (Å²) in [6, 6.07) is 0. The molecule has 3 nitrogen and oxygen atoms in total. The van der Waals surface area contributed by atoms with Crippen molar-refractivity contribution in [1.29, 1.82) is 0 Å². The molecule has 0 aliphatic heterocycles. The number of alkyl halides is 2. The Labute approximate surface area is 71.8 Å². The minimum atomic E-state index is -3.01. The van der Waals surface area contributed by atoms with E-state index in [9.17, 15) is 13.2 Å². The summed E-state index contributed by atoms with van der Waals surface area (Å²) < 4.78 is 41.3. The lowest BCUT2D eigenvalue weighted by Gasteiger charge is -2.05. The smallest absolute Gasteiger partial charge is 0.268 e. The highest BCUT2D eigenvalue weighted by atomic mass is 19.3. The van der Waals surface area contributed by atoms with Crippen LogP contribution in [-0.2, 0) is 0 Å². The maximum absolute atomic E-state index is 12.8. The normalized spacial score (nSPS) is 10.5. The van der Waals surface area contributed by atoms with Gasteiger partial charge in [-0.1, -0.05) is 0 Å². The highest BCUT2D eigenvalue weighted by molar-refractivity contribution is 5.37. The number of aromatic nitrogens is 1. The molecule has 0 spiro atoms. The average molecular weight is 193 g/mol. The van der Waals surface area contributed by atoms with E-state index in [0.29, 0.717) is 6.20 Å². The standard InChI is InChI=1S/C7H6F3NO2/c1-13-7-5(12)4(8)3(2-11-7)6(9)10/h2,6,12H,1H3. The van der Waals surface area contributed by atoms with Gasteiger partial charge in [-0.2, -0.15) is 0 Å². The molecule has 1 N–H and O–H groups in total. The molecule has 6 heteroatoms. The molecule has 1 aromatic rings. The van der Waals surface area contributed by atoms with Gasteiger partial charge in [0.1, 0.15) is 0 Å². The van der Waals surface area contributed by atoms with Crippen molar-refractivity contribution in [2.45, 2.75) is 6.43 Å². The van der Waals surface area contributed by atoms with Gasteiger partial charge in [0.25, 0.3) is 12.3 Å². The summed E-state index contributed by atoms with van der Waals surface area (Å²) in [4.78, 5) is 3.29. The molecule has 0 amide bonds. The van der Waals surface area contributed by atoms with Gasteiger partial charge < -0.3 is 9.84 Å². The second-order valence-electron chi connectivity index (χ2n) is 2.19. The van der Waals surface area contributed by atoms with Crippen molar-refractivity contribution < 1.29 is 23.0 Å². The van der Waals surface area contributed by atoms with Crippen LogP contribution >= 0.6 is 0 Å². The first-order chi connectivity index (χ1) is 6.07. The largest absolute Gasteiger partial charge is 0.501 e. The second kappa shape index (κ2) is 3.51. The van der Waals surface area contributed by atoms with Crippen molar-refractivity contribution in [3.05, 3.63) is 17.6 Å².